The lowest BCUT2D eigenvalue weighted by molar-refractivity contribution is -0.139. The number of methoxy groups -OCH3 is 1. The highest BCUT2D eigenvalue weighted by Crippen LogP contribution is 2.20. The lowest BCUT2D eigenvalue weighted by Crippen LogP contribution is -2.28. The molecule has 6 nitrogen and oxygen atoms in total. The first kappa shape index (κ1) is 14.6. The fourth-order valence-corrected chi connectivity index (χ4v) is 2.29. The van der Waals surface area contributed by atoms with E-state index in [1.54, 1.807) is 4.90 Å². The number of hydrogen-bond acceptors (Lipinski definition) is 6. The first-order chi connectivity index (χ1) is 8.58. The molecule has 0 radical (unpaired) electrons. The average Bonchev–Trinajstić information content (AvgIpc) is 2.78. The number of rotatable bonds is 6. The van der Waals surface area contributed by atoms with E-state index in [1.807, 2.05) is 12.3 Å². The number of ether oxygens (including phenoxy) is 1. The highest BCUT2D eigenvalue weighted by Gasteiger charge is 2.13. The zero-order valence-corrected chi connectivity index (χ0v) is 11.5. The predicted octanol–water partition coefficient (Wildman–Crippen LogP) is 0.778. The van der Waals surface area contributed by atoms with E-state index in [-0.39, 0.29) is 18.4 Å². The summed E-state index contributed by atoms with van der Waals surface area (Å²) in [4.78, 5) is 28.2. The number of anilines is 1. The van der Waals surface area contributed by atoms with Crippen molar-refractivity contribution in [3.63, 3.8) is 0 Å². The Morgan fingerprint density at radius 1 is 1.56 bits per heavy atom. The van der Waals surface area contributed by atoms with Crippen molar-refractivity contribution in [1.82, 2.24) is 10.3 Å². The van der Waals surface area contributed by atoms with Crippen LogP contribution in [0.15, 0.2) is 5.38 Å². The first-order valence-electron chi connectivity index (χ1n) is 5.58. The second kappa shape index (κ2) is 7.07. The van der Waals surface area contributed by atoms with Crippen molar-refractivity contribution >= 4 is 28.3 Å². The molecule has 0 bridgehead atoms. The summed E-state index contributed by atoms with van der Waals surface area (Å²) in [6.07, 6.45) is 0. The molecule has 0 aliphatic rings. The first-order valence-corrected chi connectivity index (χ1v) is 6.46. The van der Waals surface area contributed by atoms with Gasteiger partial charge in [-0.1, -0.05) is 0 Å². The average molecular weight is 271 g/mol. The molecule has 7 heteroatoms. The van der Waals surface area contributed by atoms with Crippen LogP contribution in [0.1, 0.15) is 19.5 Å². The minimum atomic E-state index is -0.315. The van der Waals surface area contributed by atoms with E-state index in [1.165, 1.54) is 25.4 Å². The van der Waals surface area contributed by atoms with Gasteiger partial charge in [0.1, 0.15) is 0 Å². The van der Waals surface area contributed by atoms with E-state index < -0.39 is 0 Å². The van der Waals surface area contributed by atoms with Gasteiger partial charge in [0.05, 0.1) is 19.3 Å². The van der Waals surface area contributed by atoms with Crippen molar-refractivity contribution in [3.05, 3.63) is 11.1 Å². The van der Waals surface area contributed by atoms with Crippen molar-refractivity contribution in [1.29, 1.82) is 0 Å². The molecule has 0 saturated heterocycles. The lowest BCUT2D eigenvalue weighted by Gasteiger charge is -2.14. The molecule has 0 spiro atoms. The second-order valence-electron chi connectivity index (χ2n) is 3.56. The van der Waals surface area contributed by atoms with Gasteiger partial charge in [-0.25, -0.2) is 4.98 Å². The summed E-state index contributed by atoms with van der Waals surface area (Å²) in [5.41, 5.74) is 0.804. The van der Waals surface area contributed by atoms with E-state index in [9.17, 15) is 9.59 Å². The topological polar surface area (TPSA) is 71.5 Å². The summed E-state index contributed by atoms with van der Waals surface area (Å²) in [7, 11) is 1.34. The molecule has 1 heterocycles. The molecule has 0 aliphatic heterocycles. The van der Waals surface area contributed by atoms with Crippen molar-refractivity contribution in [3.8, 4) is 0 Å². The molecular weight excluding hydrogens is 254 g/mol. The number of carbonyl (C=O) groups excluding carboxylic acids is 2. The number of esters is 1. The van der Waals surface area contributed by atoms with Crippen LogP contribution < -0.4 is 10.2 Å². The Kier molecular flexibility index (Phi) is 5.73. The van der Waals surface area contributed by atoms with Gasteiger partial charge in [-0.3, -0.25) is 14.5 Å². The Bertz CT molecular complexity index is 419. The van der Waals surface area contributed by atoms with Crippen LogP contribution in [-0.2, 0) is 20.9 Å². The summed E-state index contributed by atoms with van der Waals surface area (Å²) in [6, 6.07) is 0. The molecule has 1 rings (SSSR count). The molecule has 100 valence electrons. The molecule has 0 unspecified atom stereocenters. The predicted molar refractivity (Wildman–Crippen MR) is 69.5 cm³/mol. The van der Waals surface area contributed by atoms with Gasteiger partial charge in [0, 0.05) is 25.4 Å². The Morgan fingerprint density at radius 3 is 2.83 bits per heavy atom. The fourth-order valence-electron chi connectivity index (χ4n) is 1.36. The normalized spacial score (nSPS) is 10.2. The Morgan fingerprint density at radius 2 is 2.28 bits per heavy atom. The third-order valence-corrected chi connectivity index (χ3v) is 3.18. The van der Waals surface area contributed by atoms with Crippen molar-refractivity contribution in [2.45, 2.75) is 20.4 Å². The maximum Gasteiger partial charge on any atom is 0.319 e. The summed E-state index contributed by atoms with van der Waals surface area (Å²) in [5, 5.41) is 5.46. The number of nitrogens with one attached hydrogen (secondary N) is 1. The fraction of sp³-hybridized carbons (Fsp3) is 0.545. The molecule has 0 aromatic carbocycles. The van der Waals surface area contributed by atoms with E-state index in [0.29, 0.717) is 18.2 Å². The van der Waals surface area contributed by atoms with E-state index >= 15 is 0 Å². The van der Waals surface area contributed by atoms with Crippen LogP contribution >= 0.6 is 11.3 Å². The highest BCUT2D eigenvalue weighted by atomic mass is 32.1. The molecule has 1 N–H and O–H groups in total. The SMILES string of the molecule is CCN(C(C)=O)c1nc(CNCC(=O)OC)cs1. The standard InChI is InChI=1S/C11H17N3O3S/c1-4-14(8(2)15)11-13-9(7-18-11)5-12-6-10(16)17-3/h7,12H,4-6H2,1-3H3. The van der Waals surface area contributed by atoms with Gasteiger partial charge in [-0.05, 0) is 6.92 Å². The highest BCUT2D eigenvalue weighted by molar-refractivity contribution is 7.14. The monoisotopic (exact) mass is 271 g/mol. The number of thiazole rings is 1. The van der Waals surface area contributed by atoms with Gasteiger partial charge in [-0.2, -0.15) is 0 Å². The number of carbonyl (C=O) groups is 2. The maximum atomic E-state index is 11.3. The number of hydrogen-bond donors (Lipinski definition) is 1. The molecule has 0 saturated carbocycles. The van der Waals surface area contributed by atoms with E-state index in [2.05, 4.69) is 15.0 Å². The number of aromatic nitrogens is 1. The third-order valence-electron chi connectivity index (χ3n) is 2.27. The largest absolute Gasteiger partial charge is 0.468 e. The summed E-state index contributed by atoms with van der Waals surface area (Å²) >= 11 is 1.41. The summed E-state index contributed by atoms with van der Waals surface area (Å²) in [5.74, 6) is -0.342. The summed E-state index contributed by atoms with van der Waals surface area (Å²) in [6.45, 7) is 4.63. The van der Waals surface area contributed by atoms with Crippen LogP contribution in [0.2, 0.25) is 0 Å². The molecule has 0 atom stereocenters. The quantitative estimate of drug-likeness (QED) is 0.774. The minimum absolute atomic E-state index is 0.0269. The van der Waals surface area contributed by atoms with E-state index in [4.69, 9.17) is 0 Å². The van der Waals surface area contributed by atoms with Gasteiger partial charge in [0.2, 0.25) is 5.91 Å². The molecule has 1 aromatic rings. The van der Waals surface area contributed by atoms with Gasteiger partial charge in [-0.15, -0.1) is 11.3 Å². The van der Waals surface area contributed by atoms with Crippen LogP contribution in [0, 0.1) is 0 Å². The van der Waals surface area contributed by atoms with E-state index in [0.717, 1.165) is 5.69 Å². The molecule has 18 heavy (non-hydrogen) atoms. The van der Waals surface area contributed by atoms with Crippen molar-refractivity contribution < 1.29 is 14.3 Å². The number of amides is 1. The Hall–Kier alpha value is -1.47. The molecule has 0 fully saturated rings. The molecular formula is C11H17N3O3S. The third kappa shape index (κ3) is 4.08. The molecule has 1 aromatic heterocycles. The number of nitrogens with zero attached hydrogens (tertiary/aromatic N) is 2. The van der Waals surface area contributed by atoms with Gasteiger partial charge >= 0.3 is 5.97 Å². The minimum Gasteiger partial charge on any atom is -0.468 e. The van der Waals surface area contributed by atoms with Crippen LogP contribution in [0.4, 0.5) is 5.13 Å². The zero-order chi connectivity index (χ0) is 13.5. The van der Waals surface area contributed by atoms with Crippen LogP contribution in [0.3, 0.4) is 0 Å². The van der Waals surface area contributed by atoms with Crippen LogP contribution in [0.5, 0.6) is 0 Å². The van der Waals surface area contributed by atoms with Gasteiger partial charge in [0.25, 0.3) is 0 Å². The Balaban J connectivity index is 2.52. The Labute approximate surface area is 110 Å². The van der Waals surface area contributed by atoms with Crippen LogP contribution in [-0.4, -0.2) is 37.1 Å². The second-order valence-corrected chi connectivity index (χ2v) is 4.40. The zero-order valence-electron chi connectivity index (χ0n) is 10.7. The maximum absolute atomic E-state index is 11.3. The lowest BCUT2D eigenvalue weighted by atomic mass is 10.4. The summed E-state index contributed by atoms with van der Waals surface area (Å²) < 4.78 is 4.51. The van der Waals surface area contributed by atoms with Crippen LogP contribution in [0.25, 0.3) is 0 Å². The smallest absolute Gasteiger partial charge is 0.319 e. The molecule has 0 aliphatic carbocycles. The van der Waals surface area contributed by atoms with Gasteiger partial charge in [0.15, 0.2) is 5.13 Å². The van der Waals surface area contributed by atoms with Crippen molar-refractivity contribution in [2.75, 3.05) is 25.1 Å². The van der Waals surface area contributed by atoms with Gasteiger partial charge < -0.3 is 10.1 Å². The van der Waals surface area contributed by atoms with Crippen molar-refractivity contribution in [2.24, 2.45) is 0 Å². The molecule has 1 amide bonds.